The predicted molar refractivity (Wildman–Crippen MR) is 135 cm³/mol. The number of carbonyl (C=O) groups excluding carboxylic acids is 2. The van der Waals surface area contributed by atoms with Crippen molar-refractivity contribution in [2.45, 2.75) is 51.2 Å². The second-order valence-electron chi connectivity index (χ2n) is 9.25. The van der Waals surface area contributed by atoms with Gasteiger partial charge in [-0.3, -0.25) is 9.59 Å². The summed E-state index contributed by atoms with van der Waals surface area (Å²) in [6, 6.07) is 15.3. The molecule has 0 saturated heterocycles. The Morgan fingerprint density at radius 1 is 0.944 bits per heavy atom. The molecule has 0 unspecified atom stereocenters. The fourth-order valence-electron chi connectivity index (χ4n) is 4.83. The number of fused-ring (bicyclic) bond motifs is 1. The normalized spacial score (nSPS) is 15.0. The second kappa shape index (κ2) is 11.1. The lowest BCUT2D eigenvalue weighted by molar-refractivity contribution is -0.133. The quantitative estimate of drug-likeness (QED) is 0.396. The van der Waals surface area contributed by atoms with Gasteiger partial charge in [0, 0.05) is 23.0 Å². The molecule has 2 amide bonds. The first kappa shape index (κ1) is 24.3. The maximum absolute atomic E-state index is 13.7. The number of ether oxygens (including phenoxy) is 2. The Labute approximate surface area is 214 Å². The Morgan fingerprint density at radius 2 is 1.72 bits per heavy atom. The summed E-state index contributed by atoms with van der Waals surface area (Å²) in [5.41, 5.74) is 1.33. The van der Waals surface area contributed by atoms with Crippen molar-refractivity contribution in [1.29, 1.82) is 0 Å². The number of halogens is 1. The van der Waals surface area contributed by atoms with Gasteiger partial charge in [-0.25, -0.2) is 4.39 Å². The SMILES string of the molecule is O=C(CN(C(=O)c1ccc2c(c1)OCO2)C1CCCCC1)N(Cc1ccc(F)cc1)Cc1cccs1. The van der Waals surface area contributed by atoms with E-state index in [1.807, 2.05) is 17.5 Å². The highest BCUT2D eigenvalue weighted by molar-refractivity contribution is 7.09. The van der Waals surface area contributed by atoms with Gasteiger partial charge in [0.2, 0.25) is 12.7 Å². The van der Waals surface area contributed by atoms with Crippen LogP contribution in [-0.4, -0.2) is 41.0 Å². The molecule has 0 N–H and O–H groups in total. The molecular formula is C28H29FN2O4S. The van der Waals surface area contributed by atoms with Crippen LogP contribution in [0, 0.1) is 5.82 Å². The molecule has 2 heterocycles. The minimum atomic E-state index is -0.312. The van der Waals surface area contributed by atoms with Crippen LogP contribution in [0.2, 0.25) is 0 Å². The molecule has 0 atom stereocenters. The predicted octanol–water partition coefficient (Wildman–Crippen LogP) is 5.62. The Balaban J connectivity index is 1.39. The molecule has 3 aromatic rings. The summed E-state index contributed by atoms with van der Waals surface area (Å²) < 4.78 is 24.3. The highest BCUT2D eigenvalue weighted by Crippen LogP contribution is 2.33. The lowest BCUT2D eigenvalue weighted by atomic mass is 9.93. The molecule has 0 spiro atoms. The maximum atomic E-state index is 13.7. The zero-order valence-electron chi connectivity index (χ0n) is 20.0. The van der Waals surface area contributed by atoms with Crippen LogP contribution < -0.4 is 9.47 Å². The van der Waals surface area contributed by atoms with Gasteiger partial charge >= 0.3 is 0 Å². The van der Waals surface area contributed by atoms with Gasteiger partial charge in [0.15, 0.2) is 11.5 Å². The van der Waals surface area contributed by atoms with E-state index in [1.165, 1.54) is 12.1 Å². The molecule has 1 aliphatic heterocycles. The third kappa shape index (κ3) is 5.70. The van der Waals surface area contributed by atoms with E-state index in [1.54, 1.807) is 51.5 Å². The van der Waals surface area contributed by atoms with Crippen LogP contribution in [0.25, 0.3) is 0 Å². The standard InChI is InChI=1S/C28H29FN2O4S/c29-22-11-8-20(9-12-22)16-30(17-24-7-4-14-36-24)27(32)18-31(23-5-2-1-3-6-23)28(33)21-10-13-25-26(15-21)35-19-34-25/h4,7-15,23H,1-3,5-6,16-19H2. The van der Waals surface area contributed by atoms with Crippen molar-refractivity contribution in [2.75, 3.05) is 13.3 Å². The summed E-state index contributed by atoms with van der Waals surface area (Å²) in [5.74, 6) is 0.547. The van der Waals surface area contributed by atoms with E-state index < -0.39 is 0 Å². The minimum Gasteiger partial charge on any atom is -0.454 e. The highest BCUT2D eigenvalue weighted by atomic mass is 32.1. The molecule has 0 bridgehead atoms. The minimum absolute atomic E-state index is 0.00929. The van der Waals surface area contributed by atoms with E-state index in [0.29, 0.717) is 30.2 Å². The lowest BCUT2D eigenvalue weighted by Crippen LogP contribution is -2.48. The zero-order valence-corrected chi connectivity index (χ0v) is 20.8. The van der Waals surface area contributed by atoms with Crippen molar-refractivity contribution in [2.24, 2.45) is 0 Å². The fourth-order valence-corrected chi connectivity index (χ4v) is 5.55. The first-order chi connectivity index (χ1) is 17.6. The lowest BCUT2D eigenvalue weighted by Gasteiger charge is -2.35. The molecule has 188 valence electrons. The summed E-state index contributed by atoms with van der Waals surface area (Å²) in [4.78, 5) is 32.0. The summed E-state index contributed by atoms with van der Waals surface area (Å²) >= 11 is 1.58. The maximum Gasteiger partial charge on any atom is 0.254 e. The zero-order chi connectivity index (χ0) is 24.9. The molecule has 1 aromatic heterocycles. The van der Waals surface area contributed by atoms with Gasteiger partial charge < -0.3 is 19.3 Å². The monoisotopic (exact) mass is 508 g/mol. The molecule has 5 rings (SSSR count). The molecule has 1 saturated carbocycles. The molecule has 6 nitrogen and oxygen atoms in total. The van der Waals surface area contributed by atoms with Crippen molar-refractivity contribution in [3.63, 3.8) is 0 Å². The molecule has 2 aromatic carbocycles. The van der Waals surface area contributed by atoms with Gasteiger partial charge in [-0.1, -0.05) is 37.5 Å². The topological polar surface area (TPSA) is 59.1 Å². The Hall–Kier alpha value is -3.39. The average Bonchev–Trinajstić information content (AvgIpc) is 3.60. The number of benzene rings is 2. The molecule has 1 fully saturated rings. The van der Waals surface area contributed by atoms with Gasteiger partial charge in [0.05, 0.1) is 6.54 Å². The summed E-state index contributed by atoms with van der Waals surface area (Å²) in [6.45, 7) is 0.904. The second-order valence-corrected chi connectivity index (χ2v) is 10.3. The summed E-state index contributed by atoms with van der Waals surface area (Å²) in [6.07, 6.45) is 4.99. The number of thiophene rings is 1. The van der Waals surface area contributed by atoms with Gasteiger partial charge in [0.25, 0.3) is 5.91 Å². The molecule has 8 heteroatoms. The smallest absolute Gasteiger partial charge is 0.254 e. The summed E-state index contributed by atoms with van der Waals surface area (Å²) in [7, 11) is 0. The van der Waals surface area contributed by atoms with Gasteiger partial charge in [-0.15, -0.1) is 11.3 Å². The molecular weight excluding hydrogens is 479 g/mol. The molecule has 0 radical (unpaired) electrons. The van der Waals surface area contributed by atoms with Crippen molar-refractivity contribution in [1.82, 2.24) is 9.80 Å². The average molecular weight is 509 g/mol. The van der Waals surface area contributed by atoms with Crippen molar-refractivity contribution < 1.29 is 23.5 Å². The van der Waals surface area contributed by atoms with Crippen LogP contribution in [0.1, 0.15) is 52.9 Å². The molecule has 36 heavy (non-hydrogen) atoms. The van der Waals surface area contributed by atoms with Crippen LogP contribution in [0.15, 0.2) is 60.0 Å². The Bertz CT molecular complexity index is 1190. The van der Waals surface area contributed by atoms with Crippen LogP contribution in [0.3, 0.4) is 0 Å². The molecule has 2 aliphatic rings. The first-order valence-electron chi connectivity index (χ1n) is 12.3. The first-order valence-corrected chi connectivity index (χ1v) is 13.2. The summed E-state index contributed by atoms with van der Waals surface area (Å²) in [5, 5.41) is 1.98. The number of hydrogen-bond donors (Lipinski definition) is 0. The van der Waals surface area contributed by atoms with Gasteiger partial charge in [-0.05, 0) is 60.2 Å². The van der Waals surface area contributed by atoms with Crippen LogP contribution in [0.5, 0.6) is 11.5 Å². The fraction of sp³-hybridized carbons (Fsp3) is 0.357. The third-order valence-corrected chi connectivity index (χ3v) is 7.63. The van der Waals surface area contributed by atoms with Crippen LogP contribution in [0.4, 0.5) is 4.39 Å². The Kier molecular flexibility index (Phi) is 7.51. The van der Waals surface area contributed by atoms with E-state index in [9.17, 15) is 14.0 Å². The largest absolute Gasteiger partial charge is 0.454 e. The van der Waals surface area contributed by atoms with Crippen molar-refractivity contribution in [3.8, 4) is 11.5 Å². The van der Waals surface area contributed by atoms with Gasteiger partial charge in [0.1, 0.15) is 12.4 Å². The van der Waals surface area contributed by atoms with Gasteiger partial charge in [-0.2, -0.15) is 0 Å². The van der Waals surface area contributed by atoms with E-state index in [2.05, 4.69) is 0 Å². The van der Waals surface area contributed by atoms with Crippen LogP contribution >= 0.6 is 11.3 Å². The van der Waals surface area contributed by atoms with E-state index in [-0.39, 0.29) is 37.0 Å². The van der Waals surface area contributed by atoms with Crippen molar-refractivity contribution >= 4 is 23.2 Å². The number of rotatable bonds is 8. The Morgan fingerprint density at radius 3 is 2.47 bits per heavy atom. The number of amides is 2. The van der Waals surface area contributed by atoms with E-state index in [0.717, 1.165) is 42.5 Å². The number of hydrogen-bond acceptors (Lipinski definition) is 5. The highest BCUT2D eigenvalue weighted by Gasteiger charge is 2.31. The third-order valence-electron chi connectivity index (χ3n) is 6.77. The number of carbonyl (C=O) groups is 2. The van der Waals surface area contributed by atoms with E-state index in [4.69, 9.17) is 9.47 Å². The van der Waals surface area contributed by atoms with Crippen molar-refractivity contribution in [3.05, 3.63) is 81.8 Å². The van der Waals surface area contributed by atoms with Crippen LogP contribution in [-0.2, 0) is 17.9 Å². The number of nitrogens with zero attached hydrogens (tertiary/aromatic N) is 2. The molecule has 1 aliphatic carbocycles. The van der Waals surface area contributed by atoms with E-state index >= 15 is 0 Å².